The fourth-order valence-corrected chi connectivity index (χ4v) is 7.00. The first-order valence-corrected chi connectivity index (χ1v) is 12.0. The second-order valence-corrected chi connectivity index (χ2v) is 10.4. The second kappa shape index (κ2) is 7.09. The molecule has 160 valence electrons. The van der Waals surface area contributed by atoms with Gasteiger partial charge in [-0.2, -0.15) is 10.1 Å². The van der Waals surface area contributed by atoms with Gasteiger partial charge in [-0.15, -0.1) is 0 Å². The monoisotopic (exact) mass is 430 g/mol. The Balaban J connectivity index is 1.30. The lowest BCUT2D eigenvalue weighted by molar-refractivity contribution is 0.0437. The fourth-order valence-electron chi connectivity index (χ4n) is 5.05. The molecule has 8 nitrogen and oxygen atoms in total. The molecule has 0 radical (unpaired) electrons. The minimum atomic E-state index is -3.44. The number of aromatic amines is 1. The van der Waals surface area contributed by atoms with E-state index in [2.05, 4.69) is 20.1 Å². The van der Waals surface area contributed by atoms with Gasteiger partial charge in [-0.3, -0.25) is 10.00 Å². The van der Waals surface area contributed by atoms with Crippen molar-refractivity contribution in [2.45, 2.75) is 69.5 Å². The topological polar surface area (TPSA) is 101 Å². The van der Waals surface area contributed by atoms with Gasteiger partial charge in [-0.05, 0) is 45.2 Å². The summed E-state index contributed by atoms with van der Waals surface area (Å²) in [4.78, 5) is 6.97. The highest BCUT2D eigenvalue weighted by Gasteiger charge is 2.44. The average Bonchev–Trinajstić information content (AvgIpc) is 3.30. The normalized spacial score (nSPS) is 24.6. The molecule has 30 heavy (non-hydrogen) atoms. The average molecular weight is 431 g/mol. The highest BCUT2D eigenvalue weighted by atomic mass is 32.2. The predicted octanol–water partition coefficient (Wildman–Crippen LogP) is 3.28. The number of nitrogens with one attached hydrogen (secondary N) is 1. The van der Waals surface area contributed by atoms with Crippen LogP contribution in [0.15, 0.2) is 27.5 Å². The number of ether oxygens (including phenoxy) is 1. The van der Waals surface area contributed by atoms with Gasteiger partial charge >= 0.3 is 6.08 Å². The van der Waals surface area contributed by atoms with E-state index < -0.39 is 9.84 Å². The number of rotatable bonds is 5. The van der Waals surface area contributed by atoms with Crippen LogP contribution in [0.4, 0.5) is 0 Å². The van der Waals surface area contributed by atoms with Crippen LogP contribution in [0.25, 0.3) is 11.1 Å². The third-order valence-electron chi connectivity index (χ3n) is 6.40. The van der Waals surface area contributed by atoms with E-state index in [-0.39, 0.29) is 24.1 Å². The Morgan fingerprint density at radius 2 is 1.93 bits per heavy atom. The lowest BCUT2D eigenvalue weighted by atomic mass is 10.0. The number of para-hydroxylation sites is 1. The number of fused-ring (bicyclic) bond motifs is 3. The molecule has 2 fully saturated rings. The number of nitrogens with zero attached hydrogens (tertiary/aromatic N) is 3. The highest BCUT2D eigenvalue weighted by molar-refractivity contribution is 7.91. The standard InChI is InChI=1S/C21H26N4O4S/c1-12-5-4-6-18-19(12)22-21(29-18)28-17-9-15-7-8-16(10-17)25(15)11-30(26,27)20-13(2)23-24-14(20)3/h4-6,15-17H,7-11H2,1-3H3,(H,23,24)/t15-,16+,17?. The molecule has 0 saturated carbocycles. The lowest BCUT2D eigenvalue weighted by Gasteiger charge is -2.37. The van der Waals surface area contributed by atoms with E-state index in [1.165, 1.54) is 0 Å². The van der Waals surface area contributed by atoms with Crippen molar-refractivity contribution < 1.29 is 17.6 Å². The Hall–Kier alpha value is -2.39. The Bertz CT molecular complexity index is 1170. The molecule has 0 spiro atoms. The summed E-state index contributed by atoms with van der Waals surface area (Å²) >= 11 is 0. The van der Waals surface area contributed by atoms with Crippen molar-refractivity contribution in [1.29, 1.82) is 0 Å². The van der Waals surface area contributed by atoms with E-state index in [1.54, 1.807) is 13.8 Å². The van der Waals surface area contributed by atoms with E-state index in [9.17, 15) is 8.42 Å². The summed E-state index contributed by atoms with van der Waals surface area (Å²) in [7, 11) is -3.44. The molecule has 3 atom stereocenters. The van der Waals surface area contributed by atoms with Gasteiger partial charge in [0.25, 0.3) is 0 Å². The summed E-state index contributed by atoms with van der Waals surface area (Å²) < 4.78 is 38.0. The maximum absolute atomic E-state index is 13.1. The first kappa shape index (κ1) is 19.6. The lowest BCUT2D eigenvalue weighted by Crippen LogP contribution is -2.48. The molecule has 2 aromatic heterocycles. The summed E-state index contributed by atoms with van der Waals surface area (Å²) in [5.74, 6) is 0.0261. The molecule has 2 bridgehead atoms. The van der Waals surface area contributed by atoms with Gasteiger partial charge in [0, 0.05) is 24.9 Å². The number of hydrogen-bond donors (Lipinski definition) is 1. The third kappa shape index (κ3) is 3.30. The van der Waals surface area contributed by atoms with E-state index in [0.29, 0.717) is 22.4 Å². The van der Waals surface area contributed by atoms with Crippen LogP contribution in [0, 0.1) is 20.8 Å². The smallest absolute Gasteiger partial charge is 0.394 e. The van der Waals surface area contributed by atoms with Crippen LogP contribution < -0.4 is 4.74 Å². The molecule has 9 heteroatoms. The van der Waals surface area contributed by atoms with Gasteiger partial charge in [0.05, 0.1) is 11.4 Å². The third-order valence-corrected chi connectivity index (χ3v) is 8.26. The van der Waals surface area contributed by atoms with Crippen LogP contribution >= 0.6 is 0 Å². The van der Waals surface area contributed by atoms with Gasteiger partial charge in [-0.1, -0.05) is 12.1 Å². The maximum Gasteiger partial charge on any atom is 0.394 e. The summed E-state index contributed by atoms with van der Waals surface area (Å²) in [6.45, 7) is 5.48. The molecule has 0 aliphatic carbocycles. The van der Waals surface area contributed by atoms with Gasteiger partial charge in [-0.25, -0.2) is 8.42 Å². The molecule has 0 amide bonds. The van der Waals surface area contributed by atoms with Crippen molar-refractivity contribution in [3.8, 4) is 6.08 Å². The van der Waals surface area contributed by atoms with Crippen LogP contribution in [-0.2, 0) is 9.84 Å². The SMILES string of the molecule is Cc1n[nH]c(C)c1S(=O)(=O)CN1[C@@H]2CC[C@H]1CC(Oc1nc3c(C)cccc3o1)C2. The van der Waals surface area contributed by atoms with Gasteiger partial charge in [0.2, 0.25) is 0 Å². The number of benzene rings is 1. The van der Waals surface area contributed by atoms with E-state index in [4.69, 9.17) is 9.15 Å². The van der Waals surface area contributed by atoms with Crippen molar-refractivity contribution in [3.63, 3.8) is 0 Å². The molecule has 1 aromatic carbocycles. The first-order valence-electron chi connectivity index (χ1n) is 10.3. The Morgan fingerprint density at radius 3 is 2.57 bits per heavy atom. The Kier molecular flexibility index (Phi) is 4.62. The molecule has 2 aliphatic rings. The quantitative estimate of drug-likeness (QED) is 0.663. The second-order valence-electron chi connectivity index (χ2n) is 8.52. The number of H-pyrrole nitrogens is 1. The van der Waals surface area contributed by atoms with Crippen molar-refractivity contribution >= 4 is 20.9 Å². The zero-order valence-electron chi connectivity index (χ0n) is 17.4. The number of sulfone groups is 1. The van der Waals surface area contributed by atoms with E-state index in [1.807, 2.05) is 25.1 Å². The van der Waals surface area contributed by atoms with E-state index >= 15 is 0 Å². The molecule has 5 rings (SSSR count). The van der Waals surface area contributed by atoms with Gasteiger partial charge < -0.3 is 9.15 Å². The zero-order valence-corrected chi connectivity index (χ0v) is 18.2. The van der Waals surface area contributed by atoms with Crippen molar-refractivity contribution in [2.75, 3.05) is 5.88 Å². The molecule has 2 aliphatic heterocycles. The fraction of sp³-hybridized carbons (Fsp3) is 0.524. The van der Waals surface area contributed by atoms with Crippen LogP contribution in [-0.4, -0.2) is 52.6 Å². The molecular formula is C21H26N4O4S. The Labute approximate surface area is 175 Å². The zero-order chi connectivity index (χ0) is 21.0. The molecular weight excluding hydrogens is 404 g/mol. The van der Waals surface area contributed by atoms with Gasteiger partial charge in [0.1, 0.15) is 22.4 Å². The van der Waals surface area contributed by atoms with Crippen molar-refractivity contribution in [1.82, 2.24) is 20.1 Å². The minimum Gasteiger partial charge on any atom is -0.447 e. The van der Waals surface area contributed by atoms with Crippen LogP contribution in [0.1, 0.15) is 42.6 Å². The van der Waals surface area contributed by atoms with Gasteiger partial charge in [0.15, 0.2) is 15.4 Å². The predicted molar refractivity (Wildman–Crippen MR) is 111 cm³/mol. The molecule has 2 saturated heterocycles. The summed E-state index contributed by atoms with van der Waals surface area (Å²) in [5.41, 5.74) is 3.73. The number of aromatic nitrogens is 3. The van der Waals surface area contributed by atoms with Crippen molar-refractivity contribution in [3.05, 3.63) is 35.2 Å². The first-order chi connectivity index (χ1) is 14.3. The van der Waals surface area contributed by atoms with Crippen LogP contribution in [0.3, 0.4) is 0 Å². The number of hydrogen-bond acceptors (Lipinski definition) is 7. The molecule has 3 aromatic rings. The van der Waals surface area contributed by atoms with Crippen molar-refractivity contribution in [2.24, 2.45) is 0 Å². The van der Waals surface area contributed by atoms with Crippen LogP contribution in [0.5, 0.6) is 6.08 Å². The van der Waals surface area contributed by atoms with E-state index in [0.717, 1.165) is 42.3 Å². The maximum atomic E-state index is 13.1. The van der Waals surface area contributed by atoms with Crippen LogP contribution in [0.2, 0.25) is 0 Å². The highest BCUT2D eigenvalue weighted by Crippen LogP contribution is 2.38. The Morgan fingerprint density at radius 1 is 1.20 bits per heavy atom. The number of aryl methyl sites for hydroxylation is 3. The molecule has 1 N–H and O–H groups in total. The largest absolute Gasteiger partial charge is 0.447 e. The number of piperidine rings is 1. The minimum absolute atomic E-state index is 0.0211. The summed E-state index contributed by atoms with van der Waals surface area (Å²) in [5, 5.41) is 6.83. The number of oxazole rings is 1. The summed E-state index contributed by atoms with van der Waals surface area (Å²) in [6.07, 6.45) is 3.79. The molecule has 1 unspecified atom stereocenters. The molecule has 4 heterocycles. The summed E-state index contributed by atoms with van der Waals surface area (Å²) in [6, 6.07) is 6.19.